The number of hydrogen-bond donors (Lipinski definition) is 3. The van der Waals surface area contributed by atoms with Gasteiger partial charge in [0.15, 0.2) is 0 Å². The Morgan fingerprint density at radius 3 is 2.44 bits per heavy atom. The fraction of sp³-hybridized carbons (Fsp3) is 0.478. The summed E-state index contributed by atoms with van der Waals surface area (Å²) in [5.74, 6) is 1.17. The van der Waals surface area contributed by atoms with Crippen molar-refractivity contribution in [3.05, 3.63) is 59.4 Å². The highest BCUT2D eigenvalue weighted by Crippen LogP contribution is 2.57. The zero-order valence-electron chi connectivity index (χ0n) is 18.1. The van der Waals surface area contributed by atoms with Gasteiger partial charge in [0.1, 0.15) is 23.4 Å². The van der Waals surface area contributed by atoms with E-state index in [1.54, 1.807) is 25.3 Å². The summed E-state index contributed by atoms with van der Waals surface area (Å²) in [4.78, 5) is 18.4. The molecule has 0 amide bonds. The molecule has 0 spiro atoms. The zero-order chi connectivity index (χ0) is 23.5. The Kier molecular flexibility index (Phi) is 7.61. The molecule has 0 aliphatic heterocycles. The van der Waals surface area contributed by atoms with Gasteiger partial charge in [0.25, 0.3) is 0 Å². The molecule has 1 fully saturated rings. The van der Waals surface area contributed by atoms with E-state index in [4.69, 9.17) is 9.47 Å². The fourth-order valence-electron chi connectivity index (χ4n) is 4.05. The first kappa shape index (κ1) is 24.6. The molecule has 0 aromatic heterocycles. The summed E-state index contributed by atoms with van der Waals surface area (Å²) in [6, 6.07) is 10.7. The maximum Gasteiger partial charge on any atom is 0.365 e. The molecule has 1 saturated carbocycles. The van der Waals surface area contributed by atoms with Crippen molar-refractivity contribution in [2.45, 2.75) is 50.0 Å². The highest BCUT2D eigenvalue weighted by molar-refractivity contribution is 7.53. The van der Waals surface area contributed by atoms with Crippen LogP contribution in [0.5, 0.6) is 11.5 Å². The maximum atomic E-state index is 14.4. The van der Waals surface area contributed by atoms with Crippen LogP contribution < -0.4 is 9.47 Å². The summed E-state index contributed by atoms with van der Waals surface area (Å²) in [6.07, 6.45) is 1.34. The Morgan fingerprint density at radius 1 is 1.12 bits per heavy atom. The Balaban J connectivity index is 1.58. The number of rotatable bonds is 8. The maximum absolute atomic E-state index is 14.4. The summed E-state index contributed by atoms with van der Waals surface area (Å²) in [6.45, 7) is 1.08. The number of alkyl halides is 1. The number of aliphatic hydroxyl groups is 1. The van der Waals surface area contributed by atoms with Gasteiger partial charge >= 0.3 is 7.60 Å². The standard InChI is InChI=1S/C23H29F2O6P/c1-23(25,32(27,28)29)22(26)17-4-3-5-19(12-17)31-14-15-6-8-16(9-7-15)20-13-18(30-2)10-11-21(20)24/h3-5,10-13,15-16,22,26H,6-9,14H2,1-2H3,(H2,27,28,29)/t15?,16?,22-,23-/m0/s1. The van der Waals surface area contributed by atoms with Gasteiger partial charge in [-0.05, 0) is 85.9 Å². The quantitative estimate of drug-likeness (QED) is 0.466. The van der Waals surface area contributed by atoms with Crippen LogP contribution in [-0.2, 0) is 4.57 Å². The number of benzene rings is 2. The number of methoxy groups -OCH3 is 1. The van der Waals surface area contributed by atoms with Crippen molar-refractivity contribution < 1.29 is 37.7 Å². The zero-order valence-corrected chi connectivity index (χ0v) is 19.0. The van der Waals surface area contributed by atoms with Gasteiger partial charge in [0.2, 0.25) is 5.41 Å². The van der Waals surface area contributed by atoms with Crippen LogP contribution in [0.15, 0.2) is 42.5 Å². The molecule has 3 N–H and O–H groups in total. The lowest BCUT2D eigenvalue weighted by Crippen LogP contribution is -2.27. The van der Waals surface area contributed by atoms with Crippen LogP contribution in [0.3, 0.4) is 0 Å². The second-order valence-electron chi connectivity index (χ2n) is 8.46. The van der Waals surface area contributed by atoms with E-state index in [2.05, 4.69) is 0 Å². The average Bonchev–Trinajstić information content (AvgIpc) is 2.77. The third kappa shape index (κ3) is 5.49. The molecule has 1 aliphatic carbocycles. The molecule has 3 rings (SSSR count). The second kappa shape index (κ2) is 9.87. The van der Waals surface area contributed by atoms with Crippen molar-refractivity contribution in [1.29, 1.82) is 0 Å². The largest absolute Gasteiger partial charge is 0.497 e. The van der Waals surface area contributed by atoms with Crippen molar-refractivity contribution in [3.8, 4) is 11.5 Å². The first-order chi connectivity index (χ1) is 15.0. The molecular weight excluding hydrogens is 441 g/mol. The van der Waals surface area contributed by atoms with Crippen molar-refractivity contribution in [2.24, 2.45) is 5.92 Å². The fourth-order valence-corrected chi connectivity index (χ4v) is 4.52. The SMILES string of the molecule is COc1ccc(F)c(C2CCC(COc3cccc([C@H](O)[C@@](C)(F)P(=O)(O)O)c3)CC2)c1. The molecular formula is C23H29F2O6P. The lowest BCUT2D eigenvalue weighted by Gasteiger charge is -2.29. The lowest BCUT2D eigenvalue weighted by molar-refractivity contribution is 0.0406. The molecule has 0 saturated heterocycles. The molecule has 0 bridgehead atoms. The van der Waals surface area contributed by atoms with Gasteiger partial charge in [0, 0.05) is 0 Å². The normalized spacial score (nSPS) is 22.1. The first-order valence-electron chi connectivity index (χ1n) is 10.5. The molecule has 32 heavy (non-hydrogen) atoms. The second-order valence-corrected chi connectivity index (χ2v) is 10.4. The predicted octanol–water partition coefficient (Wildman–Crippen LogP) is 5.08. The van der Waals surface area contributed by atoms with Crippen LogP contribution in [0.4, 0.5) is 8.78 Å². The number of aliphatic hydroxyl groups excluding tert-OH is 1. The van der Waals surface area contributed by atoms with Crippen LogP contribution in [0.2, 0.25) is 0 Å². The minimum absolute atomic E-state index is 0.0213. The van der Waals surface area contributed by atoms with E-state index in [9.17, 15) is 28.2 Å². The minimum Gasteiger partial charge on any atom is -0.497 e. The van der Waals surface area contributed by atoms with E-state index in [1.807, 2.05) is 0 Å². The molecule has 176 valence electrons. The molecule has 0 unspecified atom stereocenters. The summed E-state index contributed by atoms with van der Waals surface area (Å²) in [5, 5.41) is 7.05. The van der Waals surface area contributed by atoms with E-state index in [0.29, 0.717) is 30.6 Å². The van der Waals surface area contributed by atoms with E-state index < -0.39 is 19.1 Å². The number of halogens is 2. The lowest BCUT2D eigenvalue weighted by atomic mass is 9.79. The van der Waals surface area contributed by atoms with Crippen LogP contribution in [-0.4, -0.2) is 34.0 Å². The Morgan fingerprint density at radius 2 is 1.81 bits per heavy atom. The number of ether oxygens (including phenoxy) is 2. The third-order valence-electron chi connectivity index (χ3n) is 6.22. The monoisotopic (exact) mass is 470 g/mol. The van der Waals surface area contributed by atoms with Gasteiger partial charge < -0.3 is 24.4 Å². The van der Waals surface area contributed by atoms with Crippen LogP contribution >= 0.6 is 7.60 Å². The first-order valence-corrected chi connectivity index (χ1v) is 12.1. The summed E-state index contributed by atoms with van der Waals surface area (Å²) in [7, 11) is -3.62. The van der Waals surface area contributed by atoms with E-state index in [1.165, 1.54) is 24.3 Å². The summed E-state index contributed by atoms with van der Waals surface area (Å²) < 4.78 is 51.1. The van der Waals surface area contributed by atoms with Gasteiger partial charge in [-0.25, -0.2) is 8.78 Å². The summed E-state index contributed by atoms with van der Waals surface area (Å²) in [5.41, 5.74) is 0.692. The van der Waals surface area contributed by atoms with Gasteiger partial charge in [-0.15, -0.1) is 0 Å². The highest BCUT2D eigenvalue weighted by atomic mass is 31.2. The van der Waals surface area contributed by atoms with Crippen molar-refractivity contribution in [2.75, 3.05) is 13.7 Å². The molecule has 2 aromatic carbocycles. The predicted molar refractivity (Wildman–Crippen MR) is 116 cm³/mol. The van der Waals surface area contributed by atoms with Crippen molar-refractivity contribution >= 4 is 7.60 Å². The highest BCUT2D eigenvalue weighted by Gasteiger charge is 2.50. The van der Waals surface area contributed by atoms with Crippen LogP contribution in [0, 0.1) is 11.7 Å². The van der Waals surface area contributed by atoms with Gasteiger partial charge in [-0.1, -0.05) is 12.1 Å². The topological polar surface area (TPSA) is 96.2 Å². The third-order valence-corrected chi connectivity index (χ3v) is 7.60. The Labute approximate surface area is 186 Å². The van der Waals surface area contributed by atoms with E-state index in [-0.39, 0.29) is 23.2 Å². The molecule has 9 heteroatoms. The van der Waals surface area contributed by atoms with Gasteiger partial charge in [-0.3, -0.25) is 4.57 Å². The number of hydrogen-bond acceptors (Lipinski definition) is 4. The van der Waals surface area contributed by atoms with Crippen LogP contribution in [0.25, 0.3) is 0 Å². The Bertz CT molecular complexity index is 969. The molecule has 0 heterocycles. The minimum atomic E-state index is -5.18. The smallest absolute Gasteiger partial charge is 0.365 e. The molecule has 2 aromatic rings. The van der Waals surface area contributed by atoms with E-state index in [0.717, 1.165) is 25.7 Å². The van der Waals surface area contributed by atoms with Crippen LogP contribution in [0.1, 0.15) is 55.8 Å². The molecule has 2 atom stereocenters. The van der Waals surface area contributed by atoms with E-state index >= 15 is 0 Å². The van der Waals surface area contributed by atoms with Crippen molar-refractivity contribution in [3.63, 3.8) is 0 Å². The van der Waals surface area contributed by atoms with Gasteiger partial charge in [0.05, 0.1) is 13.7 Å². The average molecular weight is 470 g/mol. The Hall–Kier alpha value is -1.99. The van der Waals surface area contributed by atoms with Crippen molar-refractivity contribution in [1.82, 2.24) is 0 Å². The summed E-state index contributed by atoms with van der Waals surface area (Å²) >= 11 is 0. The molecule has 0 radical (unpaired) electrons. The van der Waals surface area contributed by atoms with Gasteiger partial charge in [-0.2, -0.15) is 0 Å². The molecule has 6 nitrogen and oxygen atoms in total. The molecule has 1 aliphatic rings.